The van der Waals surface area contributed by atoms with E-state index >= 15 is 0 Å². The van der Waals surface area contributed by atoms with Gasteiger partial charge in [-0.3, -0.25) is 0 Å². The van der Waals surface area contributed by atoms with Gasteiger partial charge < -0.3 is 0 Å². The zero-order valence-corrected chi connectivity index (χ0v) is 11.8. The Morgan fingerprint density at radius 2 is 2.06 bits per heavy atom. The molecule has 8 nitrogen and oxygen atoms in total. The number of nitrogens with one attached hydrogen (secondary N) is 1. The molecule has 1 aliphatic heterocycles. The van der Waals surface area contributed by atoms with Crippen molar-refractivity contribution < 1.29 is 20.1 Å². The summed E-state index contributed by atoms with van der Waals surface area (Å²) in [5.74, 6) is 0. The van der Waals surface area contributed by atoms with Crippen molar-refractivity contribution in [2.75, 3.05) is 0 Å². The number of aliphatic hydroxyl groups excluding tert-OH is 3. The van der Waals surface area contributed by atoms with Crippen LogP contribution >= 0.6 is 0 Å². The van der Waals surface area contributed by atoms with Crippen LogP contribution in [0.15, 0.2) is 21.9 Å². The number of hydrogen-bond donors (Lipinski definition) is 4. The summed E-state index contributed by atoms with van der Waals surface area (Å²) in [6, 6.07) is 1.10. The van der Waals surface area contributed by atoms with Crippen LogP contribution in [0.3, 0.4) is 0 Å². The number of aromatic amines is 1. The maximum atomic E-state index is 11.5. The van der Waals surface area contributed by atoms with Gasteiger partial charge in [0.05, 0.1) is 0 Å². The summed E-state index contributed by atoms with van der Waals surface area (Å²) >= 11 is 0.640. The Morgan fingerprint density at radius 3 is 2.56 bits per heavy atom. The second-order valence-corrected chi connectivity index (χ2v) is 5.29. The summed E-state index contributed by atoms with van der Waals surface area (Å²) in [6.07, 6.45) is -3.74. The van der Waals surface area contributed by atoms with Crippen LogP contribution in [0.1, 0.15) is 6.23 Å². The average Bonchev–Trinajstić information content (AvgIpc) is 2.57. The Labute approximate surface area is 113 Å². The summed E-state index contributed by atoms with van der Waals surface area (Å²) < 4.78 is 6.07. The van der Waals surface area contributed by atoms with Crippen molar-refractivity contribution in [3.8, 4) is 0 Å². The molecule has 2 radical (unpaired) electrons. The molecular formula is C9H10N2O6Sn. The van der Waals surface area contributed by atoms with Crippen LogP contribution in [-0.2, 0) is 4.74 Å². The molecule has 1 aliphatic rings. The first-order valence-corrected chi connectivity index (χ1v) is 6.45. The van der Waals surface area contributed by atoms with E-state index in [0.717, 1.165) is 16.8 Å². The van der Waals surface area contributed by atoms with E-state index < -0.39 is 35.8 Å². The van der Waals surface area contributed by atoms with E-state index in [-0.39, 0.29) is 3.70 Å². The van der Waals surface area contributed by atoms with Crippen LogP contribution in [0.4, 0.5) is 0 Å². The molecular weight excluding hydrogens is 351 g/mol. The van der Waals surface area contributed by atoms with Gasteiger partial charge in [-0.25, -0.2) is 0 Å². The van der Waals surface area contributed by atoms with Crippen LogP contribution in [0.2, 0.25) is 0 Å². The van der Waals surface area contributed by atoms with Crippen molar-refractivity contribution in [3.63, 3.8) is 0 Å². The van der Waals surface area contributed by atoms with Crippen molar-refractivity contribution in [2.45, 2.75) is 24.5 Å². The summed E-state index contributed by atoms with van der Waals surface area (Å²) in [5.41, 5.74) is -1.33. The topological polar surface area (TPSA) is 125 Å². The molecule has 96 valence electrons. The third kappa shape index (κ3) is 2.28. The van der Waals surface area contributed by atoms with E-state index in [2.05, 4.69) is 0 Å². The van der Waals surface area contributed by atoms with Gasteiger partial charge in [0, 0.05) is 0 Å². The molecule has 0 saturated carbocycles. The molecule has 0 amide bonds. The van der Waals surface area contributed by atoms with Crippen LogP contribution in [-0.4, -0.2) is 68.9 Å². The molecule has 4 N–H and O–H groups in total. The Morgan fingerprint density at radius 1 is 1.39 bits per heavy atom. The van der Waals surface area contributed by atoms with Crippen LogP contribution < -0.4 is 11.2 Å². The van der Waals surface area contributed by atoms with Crippen LogP contribution in [0.5, 0.6) is 0 Å². The SMILES string of the molecule is O=c1ccn([C@@H]2O[C@H]([C](O)=[Sn])[C@@H](O)[C@H]2O)c(=O)[nH]1. The van der Waals surface area contributed by atoms with Gasteiger partial charge in [0.2, 0.25) is 0 Å². The molecule has 1 aromatic rings. The second kappa shape index (κ2) is 4.96. The summed E-state index contributed by atoms with van der Waals surface area (Å²) in [5, 5.41) is 28.8. The number of H-pyrrole nitrogens is 1. The predicted octanol–water partition coefficient (Wildman–Crippen LogP) is -3.17. The first kappa shape index (κ1) is 13.5. The first-order valence-electron chi connectivity index (χ1n) is 5.02. The fourth-order valence-corrected chi connectivity index (χ4v) is 2.42. The Bertz CT molecular complexity index is 581. The van der Waals surface area contributed by atoms with Crippen molar-refractivity contribution in [3.05, 3.63) is 33.1 Å². The van der Waals surface area contributed by atoms with E-state index in [0.29, 0.717) is 22.1 Å². The standard InChI is InChI=1S/C9H10N2O6.Sn/c12-3-4-6(14)7(15)8(17-4)11-2-1-5(13)10-9(11)16;/h1-2,4,6-8,12,14-15H,(H,10,13,16);/t4-,6-,7-,8-;/m1./s1. The number of aliphatic hydroxyl groups is 3. The van der Waals surface area contributed by atoms with E-state index in [1.54, 1.807) is 0 Å². The number of hydrogen-bond acceptors (Lipinski definition) is 6. The quantitative estimate of drug-likeness (QED) is 0.412. The molecule has 4 atom stereocenters. The molecule has 1 fully saturated rings. The van der Waals surface area contributed by atoms with Crippen molar-refractivity contribution >= 4 is 25.8 Å². The van der Waals surface area contributed by atoms with E-state index in [1.165, 1.54) is 0 Å². The summed E-state index contributed by atoms with van der Waals surface area (Å²) in [7, 11) is 0. The molecule has 0 bridgehead atoms. The van der Waals surface area contributed by atoms with Gasteiger partial charge in [0.15, 0.2) is 0 Å². The van der Waals surface area contributed by atoms with Gasteiger partial charge in [-0.05, 0) is 0 Å². The van der Waals surface area contributed by atoms with Crippen LogP contribution in [0, 0.1) is 0 Å². The van der Waals surface area contributed by atoms with E-state index in [9.17, 15) is 24.9 Å². The van der Waals surface area contributed by atoms with Gasteiger partial charge >= 0.3 is 113 Å². The summed E-state index contributed by atoms with van der Waals surface area (Å²) in [6.45, 7) is 0. The number of rotatable bonds is 2. The Hall–Kier alpha value is -0.971. The van der Waals surface area contributed by atoms with Gasteiger partial charge in [0.25, 0.3) is 0 Å². The third-order valence-corrected chi connectivity index (χ3v) is 3.45. The molecule has 0 aromatic carbocycles. The molecule has 2 heterocycles. The monoisotopic (exact) mass is 362 g/mol. The van der Waals surface area contributed by atoms with E-state index in [1.807, 2.05) is 4.98 Å². The maximum absolute atomic E-state index is 11.5. The molecule has 18 heavy (non-hydrogen) atoms. The Kier molecular flexibility index (Phi) is 3.71. The van der Waals surface area contributed by atoms with Crippen molar-refractivity contribution in [2.24, 2.45) is 0 Å². The fraction of sp³-hybridized carbons (Fsp3) is 0.444. The first-order chi connectivity index (χ1) is 8.41. The predicted molar refractivity (Wildman–Crippen MR) is 59.9 cm³/mol. The number of aromatic nitrogens is 2. The minimum atomic E-state index is -1.37. The molecule has 9 heteroatoms. The number of ether oxygens (including phenoxy) is 1. The average molecular weight is 361 g/mol. The van der Waals surface area contributed by atoms with Crippen LogP contribution in [0.25, 0.3) is 0 Å². The molecule has 1 saturated heterocycles. The van der Waals surface area contributed by atoms with Crippen molar-refractivity contribution in [1.82, 2.24) is 9.55 Å². The van der Waals surface area contributed by atoms with Gasteiger partial charge in [-0.15, -0.1) is 0 Å². The van der Waals surface area contributed by atoms with E-state index in [4.69, 9.17) is 4.74 Å². The zero-order chi connectivity index (χ0) is 13.4. The third-order valence-electron chi connectivity index (χ3n) is 2.63. The molecule has 0 spiro atoms. The molecule has 2 rings (SSSR count). The summed E-state index contributed by atoms with van der Waals surface area (Å²) in [4.78, 5) is 24.5. The van der Waals surface area contributed by atoms with Crippen molar-refractivity contribution in [1.29, 1.82) is 0 Å². The van der Waals surface area contributed by atoms with Gasteiger partial charge in [-0.2, -0.15) is 0 Å². The van der Waals surface area contributed by atoms with Gasteiger partial charge in [0.1, 0.15) is 0 Å². The fourth-order valence-electron chi connectivity index (χ4n) is 1.74. The normalized spacial score (nSPS) is 31.4. The van der Waals surface area contributed by atoms with Gasteiger partial charge in [-0.1, -0.05) is 0 Å². The minimum absolute atomic E-state index is 0.117. The molecule has 1 aromatic heterocycles. The molecule has 0 unspecified atom stereocenters. The zero-order valence-electron chi connectivity index (χ0n) is 8.98. The number of nitrogens with zero attached hydrogens (tertiary/aromatic N) is 1. The molecule has 0 aliphatic carbocycles. The Balaban J connectivity index is 2.38. The second-order valence-electron chi connectivity index (χ2n) is 3.83.